The summed E-state index contributed by atoms with van der Waals surface area (Å²) in [4.78, 5) is 11.2. The van der Waals surface area contributed by atoms with Crippen LogP contribution in [0.2, 0.25) is 0 Å². The van der Waals surface area contributed by atoms with Crippen molar-refractivity contribution in [2.75, 3.05) is 46.4 Å². The van der Waals surface area contributed by atoms with Crippen LogP contribution in [-0.2, 0) is 24.2 Å². The molecule has 0 saturated carbocycles. The Labute approximate surface area is 161 Å². The van der Waals surface area contributed by atoms with Crippen molar-refractivity contribution >= 4 is 5.96 Å². The zero-order valence-electron chi connectivity index (χ0n) is 16.1. The average Bonchev–Trinajstić information content (AvgIpc) is 3.18. The Bertz CT molecular complexity index is 694. The summed E-state index contributed by atoms with van der Waals surface area (Å²) in [6, 6.07) is 10.5. The molecule has 7 nitrogen and oxygen atoms in total. The lowest BCUT2D eigenvalue weighted by molar-refractivity contribution is 0.0389. The summed E-state index contributed by atoms with van der Waals surface area (Å²) in [6.45, 7) is 7.11. The van der Waals surface area contributed by atoms with Gasteiger partial charge in [0.1, 0.15) is 5.82 Å². The highest BCUT2D eigenvalue weighted by atomic mass is 16.5. The molecule has 2 N–H and O–H groups in total. The van der Waals surface area contributed by atoms with Gasteiger partial charge in [0.15, 0.2) is 5.96 Å². The fraction of sp³-hybridized carbons (Fsp3) is 0.500. The van der Waals surface area contributed by atoms with E-state index in [1.54, 1.807) is 7.05 Å². The number of guanidine groups is 1. The molecular weight excluding hydrogens is 340 g/mol. The number of hydrogen-bond donors (Lipinski definition) is 2. The Balaban J connectivity index is 1.41. The minimum atomic E-state index is 0.652. The second kappa shape index (κ2) is 10.7. The number of imidazole rings is 1. The number of morpholine rings is 1. The molecule has 1 saturated heterocycles. The van der Waals surface area contributed by atoms with E-state index in [2.05, 4.69) is 54.3 Å². The van der Waals surface area contributed by atoms with Crippen molar-refractivity contribution in [1.82, 2.24) is 25.1 Å². The Morgan fingerprint density at radius 1 is 1.15 bits per heavy atom. The monoisotopic (exact) mass is 370 g/mol. The molecule has 1 aliphatic rings. The number of rotatable bonds is 8. The summed E-state index contributed by atoms with van der Waals surface area (Å²) in [7, 11) is 1.80. The van der Waals surface area contributed by atoms with Gasteiger partial charge in [0, 0.05) is 52.2 Å². The molecule has 27 heavy (non-hydrogen) atoms. The third-order valence-corrected chi connectivity index (χ3v) is 4.75. The Morgan fingerprint density at radius 3 is 2.74 bits per heavy atom. The highest BCUT2D eigenvalue weighted by Crippen LogP contribution is 2.04. The summed E-state index contributed by atoms with van der Waals surface area (Å²) in [5.41, 5.74) is 1.34. The zero-order valence-corrected chi connectivity index (χ0v) is 16.1. The highest BCUT2D eigenvalue weighted by molar-refractivity contribution is 5.79. The lowest BCUT2D eigenvalue weighted by Gasteiger charge is -2.26. The molecule has 1 aliphatic heterocycles. The molecule has 2 heterocycles. The van der Waals surface area contributed by atoms with Gasteiger partial charge in [0.05, 0.1) is 19.8 Å². The average molecular weight is 371 g/mol. The van der Waals surface area contributed by atoms with Crippen molar-refractivity contribution in [1.29, 1.82) is 0 Å². The molecule has 1 fully saturated rings. The lowest BCUT2D eigenvalue weighted by Crippen LogP contribution is -2.44. The number of benzene rings is 1. The molecule has 0 spiro atoms. The van der Waals surface area contributed by atoms with Crippen LogP contribution in [0.4, 0.5) is 0 Å². The Hall–Kier alpha value is -2.38. The third-order valence-electron chi connectivity index (χ3n) is 4.75. The van der Waals surface area contributed by atoms with Crippen molar-refractivity contribution < 1.29 is 4.74 Å². The molecule has 0 atom stereocenters. The molecule has 7 heteroatoms. The molecule has 2 aromatic rings. The van der Waals surface area contributed by atoms with E-state index in [-0.39, 0.29) is 0 Å². The van der Waals surface area contributed by atoms with Gasteiger partial charge in [-0.25, -0.2) is 4.98 Å². The fourth-order valence-corrected chi connectivity index (χ4v) is 3.15. The third kappa shape index (κ3) is 6.37. The second-order valence-electron chi connectivity index (χ2n) is 6.58. The number of aliphatic imine (C=N–C) groups is 1. The minimum Gasteiger partial charge on any atom is -0.379 e. The molecule has 1 aromatic heterocycles. The number of aryl methyl sites for hydroxylation is 2. The Morgan fingerprint density at radius 2 is 1.96 bits per heavy atom. The topological polar surface area (TPSA) is 66.7 Å². The molecule has 146 valence electrons. The van der Waals surface area contributed by atoms with Crippen molar-refractivity contribution in [2.24, 2.45) is 4.99 Å². The van der Waals surface area contributed by atoms with Crippen LogP contribution < -0.4 is 10.6 Å². The quantitative estimate of drug-likeness (QED) is 0.539. The van der Waals surface area contributed by atoms with Crippen LogP contribution in [0.15, 0.2) is 47.7 Å². The van der Waals surface area contributed by atoms with Gasteiger partial charge in [-0.3, -0.25) is 9.89 Å². The first-order valence-electron chi connectivity index (χ1n) is 9.63. The molecule has 0 unspecified atom stereocenters. The van der Waals surface area contributed by atoms with Crippen molar-refractivity contribution in [3.63, 3.8) is 0 Å². The van der Waals surface area contributed by atoms with Crippen LogP contribution in [0.25, 0.3) is 0 Å². The largest absolute Gasteiger partial charge is 0.379 e. The molecular formula is C20H30N6O. The van der Waals surface area contributed by atoms with E-state index in [4.69, 9.17) is 4.74 Å². The van der Waals surface area contributed by atoms with Crippen LogP contribution in [0.3, 0.4) is 0 Å². The van der Waals surface area contributed by atoms with E-state index in [0.717, 1.165) is 64.1 Å². The maximum atomic E-state index is 5.38. The normalized spacial score (nSPS) is 15.7. The molecule has 0 radical (unpaired) electrons. The van der Waals surface area contributed by atoms with Gasteiger partial charge in [-0.15, -0.1) is 0 Å². The van der Waals surface area contributed by atoms with E-state index in [0.29, 0.717) is 6.54 Å². The fourth-order valence-electron chi connectivity index (χ4n) is 3.15. The predicted molar refractivity (Wildman–Crippen MR) is 108 cm³/mol. The van der Waals surface area contributed by atoms with Gasteiger partial charge < -0.3 is 19.9 Å². The number of nitrogens with one attached hydrogen (secondary N) is 2. The minimum absolute atomic E-state index is 0.652. The molecule has 1 aromatic carbocycles. The van der Waals surface area contributed by atoms with Gasteiger partial charge in [0.2, 0.25) is 0 Å². The lowest BCUT2D eigenvalue weighted by atomic mass is 10.1. The first-order valence-corrected chi connectivity index (χ1v) is 9.63. The van der Waals surface area contributed by atoms with E-state index in [1.807, 2.05) is 18.5 Å². The van der Waals surface area contributed by atoms with Crippen molar-refractivity contribution in [3.05, 3.63) is 54.1 Å². The van der Waals surface area contributed by atoms with Gasteiger partial charge in [-0.05, 0) is 12.0 Å². The number of hydrogen-bond acceptors (Lipinski definition) is 4. The van der Waals surface area contributed by atoms with Crippen LogP contribution in [0, 0.1) is 0 Å². The van der Waals surface area contributed by atoms with E-state index >= 15 is 0 Å². The maximum Gasteiger partial charge on any atom is 0.191 e. The zero-order chi connectivity index (χ0) is 18.7. The van der Waals surface area contributed by atoms with Crippen LogP contribution >= 0.6 is 0 Å². The summed E-state index contributed by atoms with van der Waals surface area (Å²) >= 11 is 0. The smallest absolute Gasteiger partial charge is 0.191 e. The van der Waals surface area contributed by atoms with Gasteiger partial charge >= 0.3 is 0 Å². The van der Waals surface area contributed by atoms with Gasteiger partial charge in [-0.2, -0.15) is 0 Å². The maximum absolute atomic E-state index is 5.38. The van der Waals surface area contributed by atoms with Crippen LogP contribution in [0.5, 0.6) is 0 Å². The Kier molecular flexibility index (Phi) is 7.68. The number of aromatic nitrogens is 2. The van der Waals surface area contributed by atoms with E-state index < -0.39 is 0 Å². The standard InChI is InChI=1S/C20H30N6O/c1-21-20(23-8-11-25-13-15-27-16-14-25)24-17-19-22-9-12-26(19)10-7-18-5-3-2-4-6-18/h2-6,9,12H,7-8,10-11,13-17H2,1H3,(H2,21,23,24). The molecule has 0 amide bonds. The van der Waals surface area contributed by atoms with Crippen molar-refractivity contribution in [3.8, 4) is 0 Å². The summed E-state index contributed by atoms with van der Waals surface area (Å²) in [6.07, 6.45) is 4.89. The first kappa shape index (κ1) is 19.4. The molecule has 0 aliphatic carbocycles. The first-order chi connectivity index (χ1) is 13.3. The number of ether oxygens (including phenoxy) is 1. The van der Waals surface area contributed by atoms with E-state index in [1.165, 1.54) is 5.56 Å². The summed E-state index contributed by atoms with van der Waals surface area (Å²) < 4.78 is 7.58. The SMILES string of the molecule is CN=C(NCCN1CCOCC1)NCc1nccn1CCc1ccccc1. The van der Waals surface area contributed by atoms with Gasteiger partial charge in [-0.1, -0.05) is 30.3 Å². The van der Waals surface area contributed by atoms with E-state index in [9.17, 15) is 0 Å². The summed E-state index contributed by atoms with van der Waals surface area (Å²) in [5, 5.41) is 6.74. The predicted octanol–water partition coefficient (Wildman–Crippen LogP) is 1.12. The van der Waals surface area contributed by atoms with Gasteiger partial charge in [0.25, 0.3) is 0 Å². The van der Waals surface area contributed by atoms with Crippen molar-refractivity contribution in [2.45, 2.75) is 19.5 Å². The highest BCUT2D eigenvalue weighted by Gasteiger charge is 2.10. The molecule has 3 rings (SSSR count). The number of nitrogens with zero attached hydrogens (tertiary/aromatic N) is 4. The van der Waals surface area contributed by atoms with Crippen LogP contribution in [0.1, 0.15) is 11.4 Å². The molecule has 0 bridgehead atoms. The summed E-state index contributed by atoms with van der Waals surface area (Å²) in [5.74, 6) is 1.82. The van der Waals surface area contributed by atoms with Crippen LogP contribution in [-0.4, -0.2) is 66.9 Å². The second-order valence-corrected chi connectivity index (χ2v) is 6.58.